The van der Waals surface area contributed by atoms with Crippen LogP contribution >= 0.6 is 0 Å². The van der Waals surface area contributed by atoms with Crippen LogP contribution in [0.25, 0.3) is 0 Å². The first-order valence-corrected chi connectivity index (χ1v) is 5.34. The zero-order chi connectivity index (χ0) is 11.1. The molecule has 4 nitrogen and oxygen atoms in total. The Morgan fingerprint density at radius 1 is 1.40 bits per heavy atom. The fourth-order valence-corrected chi connectivity index (χ4v) is 1.51. The van der Waals surface area contributed by atoms with Crippen molar-refractivity contribution < 1.29 is 4.92 Å². The number of aromatic nitrogens is 1. The minimum atomic E-state index is -0.359. The SMILES string of the molecule is CCCCCCc1ncccc1[N+](=O)[O-]. The van der Waals surface area contributed by atoms with Gasteiger partial charge in [-0.05, 0) is 18.9 Å². The number of hydrogen-bond donors (Lipinski definition) is 0. The lowest BCUT2D eigenvalue weighted by Crippen LogP contribution is -1.98. The molecule has 0 aliphatic heterocycles. The van der Waals surface area contributed by atoms with Gasteiger partial charge in [-0.3, -0.25) is 15.1 Å². The molecule has 0 aromatic carbocycles. The number of rotatable bonds is 6. The molecule has 1 aromatic heterocycles. The summed E-state index contributed by atoms with van der Waals surface area (Å²) in [5, 5.41) is 10.7. The number of pyridine rings is 1. The summed E-state index contributed by atoms with van der Waals surface area (Å²) in [6, 6.07) is 3.12. The standard InChI is InChI=1S/C11H16N2O2/c1-2-3-4-5-7-10-11(13(14)15)8-6-9-12-10/h6,8-9H,2-5,7H2,1H3. The van der Waals surface area contributed by atoms with Gasteiger partial charge in [-0.15, -0.1) is 0 Å². The first-order chi connectivity index (χ1) is 7.25. The van der Waals surface area contributed by atoms with Crippen molar-refractivity contribution in [3.63, 3.8) is 0 Å². The summed E-state index contributed by atoms with van der Waals surface area (Å²) >= 11 is 0. The van der Waals surface area contributed by atoms with Crippen LogP contribution in [0.15, 0.2) is 18.3 Å². The molecular weight excluding hydrogens is 192 g/mol. The van der Waals surface area contributed by atoms with E-state index in [1.54, 1.807) is 12.3 Å². The van der Waals surface area contributed by atoms with Crippen LogP contribution in [0.5, 0.6) is 0 Å². The van der Waals surface area contributed by atoms with Crippen LogP contribution < -0.4 is 0 Å². The van der Waals surface area contributed by atoms with Gasteiger partial charge in [0.15, 0.2) is 0 Å². The lowest BCUT2D eigenvalue weighted by atomic mass is 10.1. The van der Waals surface area contributed by atoms with Crippen molar-refractivity contribution in [2.75, 3.05) is 0 Å². The molecule has 0 aliphatic rings. The molecule has 0 bridgehead atoms. The molecule has 1 heterocycles. The van der Waals surface area contributed by atoms with Gasteiger partial charge in [-0.25, -0.2) is 0 Å². The molecule has 0 spiro atoms. The number of aryl methyl sites for hydroxylation is 1. The third-order valence-electron chi connectivity index (χ3n) is 2.33. The first kappa shape index (κ1) is 11.6. The number of unbranched alkanes of at least 4 members (excludes halogenated alkanes) is 3. The molecule has 0 saturated heterocycles. The van der Waals surface area contributed by atoms with Gasteiger partial charge in [-0.1, -0.05) is 26.2 Å². The average Bonchev–Trinajstić information content (AvgIpc) is 2.25. The molecule has 0 amide bonds. The summed E-state index contributed by atoms with van der Waals surface area (Å²) in [7, 11) is 0. The lowest BCUT2D eigenvalue weighted by Gasteiger charge is -2.01. The molecule has 82 valence electrons. The highest BCUT2D eigenvalue weighted by atomic mass is 16.6. The van der Waals surface area contributed by atoms with E-state index >= 15 is 0 Å². The second kappa shape index (κ2) is 6.11. The van der Waals surface area contributed by atoms with Crippen molar-refractivity contribution >= 4 is 5.69 Å². The summed E-state index contributed by atoms with van der Waals surface area (Å²) in [5.74, 6) is 0. The maximum Gasteiger partial charge on any atom is 0.290 e. The molecule has 0 radical (unpaired) electrons. The number of nitrogens with zero attached hydrogens (tertiary/aromatic N) is 2. The van der Waals surface area contributed by atoms with Crippen molar-refractivity contribution in [1.29, 1.82) is 0 Å². The summed E-state index contributed by atoms with van der Waals surface area (Å²) in [6.45, 7) is 2.14. The van der Waals surface area contributed by atoms with Crippen LogP contribution in [0.1, 0.15) is 38.3 Å². The van der Waals surface area contributed by atoms with E-state index in [1.165, 1.54) is 18.9 Å². The smallest absolute Gasteiger partial charge is 0.258 e. The summed E-state index contributed by atoms with van der Waals surface area (Å²) in [5.41, 5.74) is 0.757. The van der Waals surface area contributed by atoms with E-state index in [0.29, 0.717) is 12.1 Å². The van der Waals surface area contributed by atoms with E-state index in [2.05, 4.69) is 11.9 Å². The van der Waals surface area contributed by atoms with Crippen LogP contribution in [0.2, 0.25) is 0 Å². The minimum Gasteiger partial charge on any atom is -0.258 e. The molecule has 1 rings (SSSR count). The fourth-order valence-electron chi connectivity index (χ4n) is 1.51. The Morgan fingerprint density at radius 2 is 2.20 bits per heavy atom. The van der Waals surface area contributed by atoms with Crippen molar-refractivity contribution in [3.8, 4) is 0 Å². The van der Waals surface area contributed by atoms with Gasteiger partial charge in [0.25, 0.3) is 5.69 Å². The highest BCUT2D eigenvalue weighted by Crippen LogP contribution is 2.17. The molecule has 15 heavy (non-hydrogen) atoms. The molecule has 0 aliphatic carbocycles. The highest BCUT2D eigenvalue weighted by molar-refractivity contribution is 5.34. The van der Waals surface area contributed by atoms with Crippen molar-refractivity contribution in [1.82, 2.24) is 4.98 Å². The first-order valence-electron chi connectivity index (χ1n) is 5.34. The second-order valence-electron chi connectivity index (χ2n) is 3.54. The zero-order valence-electron chi connectivity index (χ0n) is 8.98. The van der Waals surface area contributed by atoms with Gasteiger partial charge in [0.05, 0.1) is 4.92 Å². The summed E-state index contributed by atoms with van der Waals surface area (Å²) in [6.07, 6.45) is 6.76. The highest BCUT2D eigenvalue weighted by Gasteiger charge is 2.12. The summed E-state index contributed by atoms with van der Waals surface area (Å²) in [4.78, 5) is 14.4. The Hall–Kier alpha value is -1.45. The fraction of sp³-hybridized carbons (Fsp3) is 0.545. The maximum absolute atomic E-state index is 10.7. The molecular formula is C11H16N2O2. The van der Waals surface area contributed by atoms with Crippen LogP contribution in [0.4, 0.5) is 5.69 Å². The van der Waals surface area contributed by atoms with Gasteiger partial charge in [0, 0.05) is 12.3 Å². The third kappa shape index (κ3) is 3.65. The van der Waals surface area contributed by atoms with Crippen LogP contribution in [-0.2, 0) is 6.42 Å². The Balaban J connectivity index is 2.56. The van der Waals surface area contributed by atoms with E-state index in [4.69, 9.17) is 0 Å². The molecule has 1 aromatic rings. The Labute approximate surface area is 89.5 Å². The van der Waals surface area contributed by atoms with Crippen LogP contribution in [0.3, 0.4) is 0 Å². The molecule has 0 fully saturated rings. The molecule has 0 atom stereocenters. The second-order valence-corrected chi connectivity index (χ2v) is 3.54. The van der Waals surface area contributed by atoms with E-state index in [-0.39, 0.29) is 10.6 Å². The zero-order valence-corrected chi connectivity index (χ0v) is 8.98. The predicted octanol–water partition coefficient (Wildman–Crippen LogP) is 3.11. The van der Waals surface area contributed by atoms with Gasteiger partial charge in [0.1, 0.15) is 5.69 Å². The largest absolute Gasteiger partial charge is 0.290 e. The van der Waals surface area contributed by atoms with Crippen molar-refractivity contribution in [2.24, 2.45) is 0 Å². The molecule has 0 saturated carbocycles. The van der Waals surface area contributed by atoms with Crippen LogP contribution in [-0.4, -0.2) is 9.91 Å². The summed E-state index contributed by atoms with van der Waals surface area (Å²) < 4.78 is 0. The third-order valence-corrected chi connectivity index (χ3v) is 2.33. The number of nitro groups is 1. The lowest BCUT2D eigenvalue weighted by molar-refractivity contribution is -0.385. The Kier molecular flexibility index (Phi) is 4.74. The molecule has 0 unspecified atom stereocenters. The molecule has 0 N–H and O–H groups in total. The Bertz CT molecular complexity index is 326. The molecule has 4 heteroatoms. The Morgan fingerprint density at radius 3 is 2.87 bits per heavy atom. The van der Waals surface area contributed by atoms with E-state index in [9.17, 15) is 10.1 Å². The van der Waals surface area contributed by atoms with Crippen molar-refractivity contribution in [2.45, 2.75) is 39.0 Å². The number of hydrogen-bond acceptors (Lipinski definition) is 3. The van der Waals surface area contributed by atoms with E-state index < -0.39 is 0 Å². The van der Waals surface area contributed by atoms with Crippen LogP contribution in [0, 0.1) is 10.1 Å². The minimum absolute atomic E-state index is 0.147. The van der Waals surface area contributed by atoms with E-state index in [1.807, 2.05) is 0 Å². The van der Waals surface area contributed by atoms with Gasteiger partial charge < -0.3 is 0 Å². The van der Waals surface area contributed by atoms with Gasteiger partial charge in [-0.2, -0.15) is 0 Å². The normalized spacial score (nSPS) is 10.2. The predicted molar refractivity (Wildman–Crippen MR) is 58.7 cm³/mol. The topological polar surface area (TPSA) is 56.0 Å². The van der Waals surface area contributed by atoms with E-state index in [0.717, 1.165) is 12.8 Å². The maximum atomic E-state index is 10.7. The quantitative estimate of drug-likeness (QED) is 0.410. The van der Waals surface area contributed by atoms with Crippen molar-refractivity contribution in [3.05, 3.63) is 34.1 Å². The van der Waals surface area contributed by atoms with Gasteiger partial charge >= 0.3 is 0 Å². The van der Waals surface area contributed by atoms with Gasteiger partial charge in [0.2, 0.25) is 0 Å². The monoisotopic (exact) mass is 208 g/mol. The average molecular weight is 208 g/mol.